The quantitative estimate of drug-likeness (QED) is 0.638. The summed E-state index contributed by atoms with van der Waals surface area (Å²) in [7, 11) is 0. The molecule has 0 aromatic heterocycles. The lowest BCUT2D eigenvalue weighted by Gasteiger charge is -2.23. The molecule has 1 atom stereocenters. The lowest BCUT2D eigenvalue weighted by Crippen LogP contribution is -2.31. The van der Waals surface area contributed by atoms with Crippen molar-refractivity contribution in [1.82, 2.24) is 0 Å². The summed E-state index contributed by atoms with van der Waals surface area (Å²) in [6.07, 6.45) is -3.77. The van der Waals surface area contributed by atoms with Crippen LogP contribution < -0.4 is 5.32 Å². The van der Waals surface area contributed by atoms with Crippen LogP contribution in [-0.2, 0) is 10.2 Å². The maximum atomic E-state index is 13.4. The highest BCUT2D eigenvalue weighted by Gasteiger charge is 2.49. The minimum Gasteiger partial charge on any atom is -0.325 e. The number of halogens is 5. The summed E-state index contributed by atoms with van der Waals surface area (Å²) in [6, 6.07) is 4.12. The molecule has 7 heteroatoms. The first-order valence-electron chi connectivity index (χ1n) is 5.84. The second kappa shape index (κ2) is 4.72. The SMILES string of the molecule is CC1(C)C(=O)Nc2ccc(C(Br)C(F)(F)C(F)F)cc21. The largest absolute Gasteiger partial charge is 0.325 e. The zero-order chi connectivity index (χ0) is 15.3. The topological polar surface area (TPSA) is 29.1 Å². The van der Waals surface area contributed by atoms with Gasteiger partial charge in [0, 0.05) is 5.69 Å². The average molecular weight is 354 g/mol. The van der Waals surface area contributed by atoms with Gasteiger partial charge >= 0.3 is 12.3 Å². The van der Waals surface area contributed by atoms with Crippen LogP contribution in [0.15, 0.2) is 18.2 Å². The predicted molar refractivity (Wildman–Crippen MR) is 70.7 cm³/mol. The Balaban J connectivity index is 2.44. The van der Waals surface area contributed by atoms with Gasteiger partial charge in [-0.3, -0.25) is 4.79 Å². The fraction of sp³-hybridized carbons (Fsp3) is 0.462. The first-order chi connectivity index (χ1) is 9.08. The molecule has 0 saturated carbocycles. The molecule has 1 aliphatic rings. The molecule has 2 nitrogen and oxygen atoms in total. The summed E-state index contributed by atoms with van der Waals surface area (Å²) >= 11 is 2.63. The number of rotatable bonds is 3. The maximum Gasteiger partial charge on any atom is 0.323 e. The third-order valence-electron chi connectivity index (χ3n) is 3.45. The van der Waals surface area contributed by atoms with E-state index in [-0.39, 0.29) is 11.5 Å². The Labute approximate surface area is 121 Å². The van der Waals surface area contributed by atoms with Crippen LogP contribution in [0.1, 0.15) is 29.8 Å². The molecule has 20 heavy (non-hydrogen) atoms. The van der Waals surface area contributed by atoms with Crippen molar-refractivity contribution in [1.29, 1.82) is 0 Å². The Morgan fingerprint density at radius 3 is 2.45 bits per heavy atom. The van der Waals surface area contributed by atoms with Gasteiger partial charge in [-0.25, -0.2) is 8.78 Å². The minimum atomic E-state index is -4.19. The number of hydrogen-bond acceptors (Lipinski definition) is 1. The van der Waals surface area contributed by atoms with Gasteiger partial charge in [-0.2, -0.15) is 8.78 Å². The van der Waals surface area contributed by atoms with E-state index >= 15 is 0 Å². The number of hydrogen-bond donors (Lipinski definition) is 1. The first kappa shape index (κ1) is 15.3. The van der Waals surface area contributed by atoms with Crippen molar-refractivity contribution in [2.24, 2.45) is 0 Å². The van der Waals surface area contributed by atoms with Crippen LogP contribution in [0.5, 0.6) is 0 Å². The summed E-state index contributed by atoms with van der Waals surface area (Å²) in [5.74, 6) is -4.44. The van der Waals surface area contributed by atoms with Crippen molar-refractivity contribution in [3.05, 3.63) is 29.3 Å². The summed E-state index contributed by atoms with van der Waals surface area (Å²) in [6.45, 7) is 3.29. The van der Waals surface area contributed by atoms with Crippen LogP contribution in [0.25, 0.3) is 0 Å². The molecule has 0 radical (unpaired) electrons. The number of benzene rings is 1. The Morgan fingerprint density at radius 1 is 1.30 bits per heavy atom. The standard InChI is InChI=1S/C13H12BrF4NO/c1-12(2)7-5-6(3-4-8(7)19-11(12)20)9(14)13(17,18)10(15)16/h3-5,9-10H,1-2H3,(H,19,20). The van der Waals surface area contributed by atoms with E-state index in [4.69, 9.17) is 0 Å². The number of carbonyl (C=O) groups is 1. The van der Waals surface area contributed by atoms with E-state index in [9.17, 15) is 22.4 Å². The third-order valence-corrected chi connectivity index (χ3v) is 4.59. The number of amides is 1. The molecule has 1 amide bonds. The van der Waals surface area contributed by atoms with Gasteiger partial charge in [0.15, 0.2) is 0 Å². The van der Waals surface area contributed by atoms with Gasteiger partial charge < -0.3 is 5.32 Å². The molecule has 0 bridgehead atoms. The zero-order valence-corrected chi connectivity index (χ0v) is 12.3. The van der Waals surface area contributed by atoms with Crippen LogP contribution >= 0.6 is 15.9 Å². The zero-order valence-electron chi connectivity index (χ0n) is 10.7. The van der Waals surface area contributed by atoms with Gasteiger partial charge in [0.25, 0.3) is 0 Å². The molecule has 1 aromatic rings. The van der Waals surface area contributed by atoms with Crippen molar-refractivity contribution in [2.75, 3.05) is 5.32 Å². The molecule has 0 saturated heterocycles. The molecule has 0 spiro atoms. The maximum absolute atomic E-state index is 13.4. The number of fused-ring (bicyclic) bond motifs is 1. The van der Waals surface area contributed by atoms with E-state index in [0.717, 1.165) is 0 Å². The Hall–Kier alpha value is -1.11. The normalized spacial score (nSPS) is 18.9. The average Bonchev–Trinajstić information content (AvgIpc) is 2.59. The van der Waals surface area contributed by atoms with E-state index in [2.05, 4.69) is 21.2 Å². The third kappa shape index (κ3) is 2.21. The van der Waals surface area contributed by atoms with E-state index in [1.54, 1.807) is 13.8 Å². The second-order valence-electron chi connectivity index (χ2n) is 5.22. The van der Waals surface area contributed by atoms with E-state index in [1.165, 1.54) is 18.2 Å². The van der Waals surface area contributed by atoms with Crippen LogP contribution in [0.2, 0.25) is 0 Å². The highest BCUT2D eigenvalue weighted by molar-refractivity contribution is 9.09. The van der Waals surface area contributed by atoms with E-state index in [1.807, 2.05) is 0 Å². The van der Waals surface area contributed by atoms with Crippen LogP contribution in [-0.4, -0.2) is 18.3 Å². The fourth-order valence-corrected chi connectivity index (χ4v) is 2.56. The van der Waals surface area contributed by atoms with Crippen LogP contribution in [0.4, 0.5) is 23.2 Å². The molecule has 1 heterocycles. The highest BCUT2D eigenvalue weighted by atomic mass is 79.9. The van der Waals surface area contributed by atoms with Gasteiger partial charge in [-0.1, -0.05) is 28.1 Å². The first-order valence-corrected chi connectivity index (χ1v) is 6.76. The monoisotopic (exact) mass is 353 g/mol. The molecule has 0 fully saturated rings. The van der Waals surface area contributed by atoms with Gasteiger partial charge in [-0.15, -0.1) is 0 Å². The lowest BCUT2D eigenvalue weighted by atomic mass is 9.85. The molecule has 1 N–H and O–H groups in total. The molecule has 1 aliphatic heterocycles. The summed E-state index contributed by atoms with van der Waals surface area (Å²) in [5.41, 5.74) is 0.176. The fourth-order valence-electron chi connectivity index (χ4n) is 2.08. The van der Waals surface area contributed by atoms with Crippen LogP contribution in [0.3, 0.4) is 0 Å². The highest BCUT2D eigenvalue weighted by Crippen LogP contribution is 2.45. The van der Waals surface area contributed by atoms with Crippen molar-refractivity contribution in [3.63, 3.8) is 0 Å². The molecule has 2 rings (SSSR count). The Bertz CT molecular complexity index is 559. The Kier molecular flexibility index (Phi) is 3.60. The van der Waals surface area contributed by atoms with Gasteiger partial charge in [0.05, 0.1) is 5.41 Å². The van der Waals surface area contributed by atoms with Crippen molar-refractivity contribution in [2.45, 2.75) is 36.4 Å². The number of carbonyl (C=O) groups excluding carboxylic acids is 1. The molecule has 0 aliphatic carbocycles. The van der Waals surface area contributed by atoms with Crippen molar-refractivity contribution >= 4 is 27.5 Å². The van der Waals surface area contributed by atoms with E-state index in [0.29, 0.717) is 11.3 Å². The molecular weight excluding hydrogens is 342 g/mol. The summed E-state index contributed by atoms with van der Waals surface area (Å²) in [4.78, 5) is 9.93. The lowest BCUT2D eigenvalue weighted by molar-refractivity contribution is -0.127. The number of alkyl halides is 5. The Morgan fingerprint density at radius 2 is 1.90 bits per heavy atom. The smallest absolute Gasteiger partial charge is 0.323 e. The van der Waals surface area contributed by atoms with Gasteiger partial charge in [0.2, 0.25) is 5.91 Å². The van der Waals surface area contributed by atoms with Gasteiger partial charge in [-0.05, 0) is 31.0 Å². The number of anilines is 1. The van der Waals surface area contributed by atoms with Crippen molar-refractivity contribution < 1.29 is 22.4 Å². The molecule has 1 aromatic carbocycles. The predicted octanol–water partition coefficient (Wildman–Crippen LogP) is 4.25. The summed E-state index contributed by atoms with van der Waals surface area (Å²) < 4.78 is 51.5. The molecular formula is C13H12BrF4NO. The second-order valence-corrected chi connectivity index (χ2v) is 6.14. The minimum absolute atomic E-state index is 0.0126. The molecule has 110 valence electrons. The van der Waals surface area contributed by atoms with Gasteiger partial charge in [0.1, 0.15) is 4.83 Å². The summed E-state index contributed by atoms with van der Waals surface area (Å²) in [5, 5.41) is 2.63. The van der Waals surface area contributed by atoms with E-state index < -0.39 is 22.6 Å². The number of nitrogens with one attached hydrogen (secondary N) is 1. The molecule has 1 unspecified atom stereocenters. The van der Waals surface area contributed by atoms with Crippen LogP contribution in [0, 0.1) is 0 Å². The van der Waals surface area contributed by atoms with Crippen molar-refractivity contribution in [3.8, 4) is 0 Å².